The van der Waals surface area contributed by atoms with Gasteiger partial charge >= 0.3 is 0 Å². The van der Waals surface area contributed by atoms with Crippen LogP contribution in [0.2, 0.25) is 0 Å². The van der Waals surface area contributed by atoms with E-state index in [2.05, 4.69) is 20.1 Å². The first-order valence-corrected chi connectivity index (χ1v) is 8.74. The predicted octanol–water partition coefficient (Wildman–Crippen LogP) is 2.94. The van der Waals surface area contributed by atoms with Crippen LogP contribution in [-0.4, -0.2) is 37.5 Å². The highest BCUT2D eigenvalue weighted by atomic mass is 16.5. The number of carbonyl (C=O) groups excluding carboxylic acids is 1. The minimum atomic E-state index is -0.0990. The largest absolute Gasteiger partial charge is 0.342 e. The number of para-hydroxylation sites is 2. The fourth-order valence-corrected chi connectivity index (χ4v) is 3.43. The summed E-state index contributed by atoms with van der Waals surface area (Å²) in [7, 11) is 0. The summed E-state index contributed by atoms with van der Waals surface area (Å²) < 4.78 is 5.31. The molecule has 3 aromatic rings. The lowest BCUT2D eigenvalue weighted by Crippen LogP contribution is -2.38. The molecule has 0 bridgehead atoms. The molecule has 3 heterocycles. The van der Waals surface area contributed by atoms with E-state index in [1.165, 1.54) is 0 Å². The number of aromatic amines is 1. The third kappa shape index (κ3) is 3.26. The highest BCUT2D eigenvalue weighted by molar-refractivity contribution is 5.77. The molecule has 0 unspecified atom stereocenters. The zero-order valence-electron chi connectivity index (χ0n) is 14.2. The SMILES string of the molecule is Cc1noc([C@H]2CCCCN2C(=O)CCc2nc3ccccc3[nH]2)n1. The molecule has 1 aromatic carbocycles. The van der Waals surface area contributed by atoms with Crippen LogP contribution in [0.5, 0.6) is 0 Å². The fraction of sp³-hybridized carbons (Fsp3) is 0.444. The number of hydrogen-bond acceptors (Lipinski definition) is 5. The van der Waals surface area contributed by atoms with Crippen LogP contribution in [0.25, 0.3) is 11.0 Å². The van der Waals surface area contributed by atoms with Crippen LogP contribution in [0.1, 0.15) is 49.3 Å². The van der Waals surface area contributed by atoms with Gasteiger partial charge in [0.25, 0.3) is 0 Å². The van der Waals surface area contributed by atoms with Gasteiger partial charge in [0, 0.05) is 19.4 Å². The molecule has 7 heteroatoms. The molecule has 4 rings (SSSR count). The van der Waals surface area contributed by atoms with E-state index >= 15 is 0 Å². The molecule has 1 atom stereocenters. The van der Waals surface area contributed by atoms with E-state index in [1.54, 1.807) is 6.92 Å². The van der Waals surface area contributed by atoms with Gasteiger partial charge in [-0.25, -0.2) is 4.98 Å². The summed E-state index contributed by atoms with van der Waals surface area (Å²) in [6.45, 7) is 2.54. The summed E-state index contributed by atoms with van der Waals surface area (Å²) in [5.74, 6) is 2.11. The summed E-state index contributed by atoms with van der Waals surface area (Å²) in [6, 6.07) is 7.79. The monoisotopic (exact) mass is 339 g/mol. The summed E-state index contributed by atoms with van der Waals surface area (Å²) in [4.78, 5) is 26.8. The molecule has 130 valence electrons. The van der Waals surface area contributed by atoms with Crippen LogP contribution in [0.4, 0.5) is 0 Å². The first kappa shape index (κ1) is 15.8. The molecular weight excluding hydrogens is 318 g/mol. The average molecular weight is 339 g/mol. The number of fused-ring (bicyclic) bond motifs is 1. The smallest absolute Gasteiger partial charge is 0.249 e. The maximum Gasteiger partial charge on any atom is 0.249 e. The lowest BCUT2D eigenvalue weighted by atomic mass is 10.0. The van der Waals surface area contributed by atoms with E-state index in [1.807, 2.05) is 29.2 Å². The number of aryl methyl sites for hydroxylation is 2. The number of likely N-dealkylation sites (tertiary alicyclic amines) is 1. The average Bonchev–Trinajstić information content (AvgIpc) is 3.25. The molecule has 1 aliphatic heterocycles. The number of H-pyrrole nitrogens is 1. The molecule has 1 aliphatic rings. The number of hydrogen-bond donors (Lipinski definition) is 1. The Labute approximate surface area is 145 Å². The van der Waals surface area contributed by atoms with E-state index < -0.39 is 0 Å². The van der Waals surface area contributed by atoms with Gasteiger partial charge in [-0.15, -0.1) is 0 Å². The van der Waals surface area contributed by atoms with Crippen molar-refractivity contribution < 1.29 is 9.32 Å². The van der Waals surface area contributed by atoms with Gasteiger partial charge in [0.15, 0.2) is 5.82 Å². The third-order valence-electron chi connectivity index (χ3n) is 4.67. The Balaban J connectivity index is 1.45. The van der Waals surface area contributed by atoms with Crippen molar-refractivity contribution in [3.8, 4) is 0 Å². The number of imidazole rings is 1. The zero-order valence-corrected chi connectivity index (χ0v) is 14.2. The quantitative estimate of drug-likeness (QED) is 0.789. The molecule has 1 amide bonds. The van der Waals surface area contributed by atoms with Crippen molar-refractivity contribution in [1.82, 2.24) is 25.0 Å². The maximum absolute atomic E-state index is 12.8. The molecule has 1 fully saturated rings. The summed E-state index contributed by atoms with van der Waals surface area (Å²) in [6.07, 6.45) is 3.97. The van der Waals surface area contributed by atoms with Crippen molar-refractivity contribution in [3.05, 3.63) is 41.8 Å². The van der Waals surface area contributed by atoms with E-state index in [4.69, 9.17) is 4.52 Å². The van der Waals surface area contributed by atoms with Gasteiger partial charge < -0.3 is 14.4 Å². The lowest BCUT2D eigenvalue weighted by Gasteiger charge is -2.33. The standard InChI is InChI=1S/C18H21N5O2/c1-12-19-18(25-22-12)15-8-4-5-11-23(15)17(24)10-9-16-20-13-6-2-3-7-14(13)21-16/h2-3,6-7,15H,4-5,8-11H2,1H3,(H,20,21)/t15-/m1/s1. The number of carbonyl (C=O) groups is 1. The number of rotatable bonds is 4. The van der Waals surface area contributed by atoms with Gasteiger partial charge in [-0.2, -0.15) is 4.98 Å². The van der Waals surface area contributed by atoms with Crippen LogP contribution in [-0.2, 0) is 11.2 Å². The highest BCUT2D eigenvalue weighted by Gasteiger charge is 2.31. The molecule has 1 saturated heterocycles. The number of aromatic nitrogens is 4. The first-order chi connectivity index (χ1) is 12.2. The third-order valence-corrected chi connectivity index (χ3v) is 4.67. The van der Waals surface area contributed by atoms with Gasteiger partial charge in [-0.1, -0.05) is 17.3 Å². The zero-order chi connectivity index (χ0) is 17.2. The predicted molar refractivity (Wildman–Crippen MR) is 91.8 cm³/mol. The molecule has 25 heavy (non-hydrogen) atoms. The second kappa shape index (κ2) is 6.66. The number of benzene rings is 1. The van der Waals surface area contributed by atoms with Gasteiger partial charge in [-0.05, 0) is 38.3 Å². The van der Waals surface area contributed by atoms with Crippen molar-refractivity contribution in [1.29, 1.82) is 0 Å². The summed E-state index contributed by atoms with van der Waals surface area (Å²) in [5.41, 5.74) is 1.93. The number of nitrogens with zero attached hydrogens (tertiary/aromatic N) is 4. The Morgan fingerprint density at radius 3 is 3.00 bits per heavy atom. The van der Waals surface area contributed by atoms with Crippen molar-refractivity contribution in [3.63, 3.8) is 0 Å². The molecule has 0 spiro atoms. The first-order valence-electron chi connectivity index (χ1n) is 8.74. The Hall–Kier alpha value is -2.70. The number of piperidine rings is 1. The second-order valence-corrected chi connectivity index (χ2v) is 6.48. The van der Waals surface area contributed by atoms with Crippen molar-refractivity contribution in [2.75, 3.05) is 6.54 Å². The van der Waals surface area contributed by atoms with Gasteiger partial charge in [0.1, 0.15) is 11.9 Å². The lowest BCUT2D eigenvalue weighted by molar-refractivity contribution is -0.135. The minimum Gasteiger partial charge on any atom is -0.342 e. The van der Waals surface area contributed by atoms with E-state index in [0.717, 1.165) is 42.7 Å². The van der Waals surface area contributed by atoms with Crippen molar-refractivity contribution in [2.24, 2.45) is 0 Å². The van der Waals surface area contributed by atoms with E-state index in [-0.39, 0.29) is 11.9 Å². The van der Waals surface area contributed by atoms with Crippen LogP contribution >= 0.6 is 0 Å². The van der Waals surface area contributed by atoms with Crippen LogP contribution < -0.4 is 0 Å². The van der Waals surface area contributed by atoms with Gasteiger partial charge in [0.2, 0.25) is 11.8 Å². The highest BCUT2D eigenvalue weighted by Crippen LogP contribution is 2.30. The molecule has 2 aromatic heterocycles. The fourth-order valence-electron chi connectivity index (χ4n) is 3.43. The second-order valence-electron chi connectivity index (χ2n) is 6.48. The van der Waals surface area contributed by atoms with Gasteiger partial charge in [-0.3, -0.25) is 4.79 Å². The molecule has 7 nitrogen and oxygen atoms in total. The Morgan fingerprint density at radius 2 is 2.20 bits per heavy atom. The van der Waals surface area contributed by atoms with Gasteiger partial charge in [0.05, 0.1) is 11.0 Å². The molecule has 0 radical (unpaired) electrons. The Morgan fingerprint density at radius 1 is 1.32 bits per heavy atom. The summed E-state index contributed by atoms with van der Waals surface area (Å²) >= 11 is 0. The van der Waals surface area contributed by atoms with Crippen molar-refractivity contribution >= 4 is 16.9 Å². The van der Waals surface area contributed by atoms with Crippen molar-refractivity contribution in [2.45, 2.75) is 45.1 Å². The van der Waals surface area contributed by atoms with E-state index in [0.29, 0.717) is 24.6 Å². The van der Waals surface area contributed by atoms with E-state index in [9.17, 15) is 4.79 Å². The summed E-state index contributed by atoms with van der Waals surface area (Å²) in [5, 5.41) is 3.86. The normalized spacial score (nSPS) is 18.0. The minimum absolute atomic E-state index is 0.0990. The van der Waals surface area contributed by atoms with Crippen LogP contribution in [0.15, 0.2) is 28.8 Å². The Bertz CT molecular complexity index is 851. The van der Waals surface area contributed by atoms with Crippen LogP contribution in [0, 0.1) is 6.92 Å². The van der Waals surface area contributed by atoms with Crippen LogP contribution in [0.3, 0.4) is 0 Å². The molecule has 0 aliphatic carbocycles. The molecule has 0 saturated carbocycles. The molecule has 1 N–H and O–H groups in total. The number of amides is 1. The topological polar surface area (TPSA) is 87.9 Å². The molecular formula is C18H21N5O2. The number of nitrogens with one attached hydrogen (secondary N) is 1. The Kier molecular flexibility index (Phi) is 4.21. The maximum atomic E-state index is 12.8.